The molecule has 3 rings (SSSR count). The molecule has 0 bridgehead atoms. The van der Waals surface area contributed by atoms with E-state index < -0.39 is 5.54 Å². The molecule has 24 heavy (non-hydrogen) atoms. The number of aromatic nitrogens is 4. The standard InChI is InChI=1S/C17H23N5O2/c1-13(23)21(4)17(10-11-24-16(2,3)12-17)15-18-19-20-22(15)14-8-6-5-7-9-14/h5-9H,10-12H2,1-4H3/t17-/m1/s1. The van der Waals surface area contributed by atoms with E-state index in [0.717, 1.165) is 5.69 Å². The van der Waals surface area contributed by atoms with Crippen molar-refractivity contribution in [3.63, 3.8) is 0 Å². The van der Waals surface area contributed by atoms with Crippen LogP contribution in [0.3, 0.4) is 0 Å². The molecule has 7 nitrogen and oxygen atoms in total. The molecule has 0 spiro atoms. The van der Waals surface area contributed by atoms with Gasteiger partial charge in [0.2, 0.25) is 5.91 Å². The van der Waals surface area contributed by atoms with Crippen molar-refractivity contribution in [1.29, 1.82) is 0 Å². The lowest BCUT2D eigenvalue weighted by Crippen LogP contribution is -2.55. The minimum absolute atomic E-state index is 0.0182. The Hall–Kier alpha value is -2.28. The Bertz CT molecular complexity index is 728. The number of carbonyl (C=O) groups excluding carboxylic acids is 1. The van der Waals surface area contributed by atoms with Gasteiger partial charge in [-0.1, -0.05) is 18.2 Å². The van der Waals surface area contributed by atoms with Crippen LogP contribution >= 0.6 is 0 Å². The minimum Gasteiger partial charge on any atom is -0.375 e. The van der Waals surface area contributed by atoms with E-state index >= 15 is 0 Å². The Labute approximate surface area is 141 Å². The topological polar surface area (TPSA) is 73.1 Å². The van der Waals surface area contributed by atoms with Gasteiger partial charge in [-0.05, 0) is 36.4 Å². The molecule has 0 unspecified atom stereocenters. The first kappa shape index (κ1) is 16.6. The number of hydrogen-bond donors (Lipinski definition) is 0. The summed E-state index contributed by atoms with van der Waals surface area (Å²) in [5.74, 6) is 0.651. The Morgan fingerprint density at radius 1 is 1.29 bits per heavy atom. The molecule has 2 heterocycles. The molecule has 1 aliphatic rings. The normalized spacial score (nSPS) is 23.0. The van der Waals surface area contributed by atoms with Gasteiger partial charge in [-0.25, -0.2) is 0 Å². The van der Waals surface area contributed by atoms with E-state index in [1.165, 1.54) is 0 Å². The number of para-hydroxylation sites is 1. The molecule has 0 radical (unpaired) electrons. The van der Waals surface area contributed by atoms with E-state index in [1.54, 1.807) is 16.5 Å². The number of amides is 1. The van der Waals surface area contributed by atoms with Crippen molar-refractivity contribution in [3.05, 3.63) is 36.2 Å². The zero-order valence-corrected chi connectivity index (χ0v) is 14.6. The molecule has 1 aromatic heterocycles. The molecule has 128 valence electrons. The van der Waals surface area contributed by atoms with Gasteiger partial charge < -0.3 is 9.64 Å². The maximum absolute atomic E-state index is 12.2. The fraction of sp³-hybridized carbons (Fsp3) is 0.529. The highest BCUT2D eigenvalue weighted by Gasteiger charge is 2.49. The lowest BCUT2D eigenvalue weighted by molar-refractivity contribution is -0.151. The average Bonchev–Trinajstić information content (AvgIpc) is 3.04. The molecule has 1 fully saturated rings. The van der Waals surface area contributed by atoms with Crippen LogP contribution in [0.1, 0.15) is 39.4 Å². The van der Waals surface area contributed by atoms with Crippen LogP contribution in [-0.2, 0) is 15.1 Å². The number of benzene rings is 1. The fourth-order valence-corrected chi connectivity index (χ4v) is 3.49. The van der Waals surface area contributed by atoms with E-state index in [1.807, 2.05) is 51.2 Å². The van der Waals surface area contributed by atoms with Crippen molar-refractivity contribution in [1.82, 2.24) is 25.1 Å². The van der Waals surface area contributed by atoms with Crippen LogP contribution in [0.5, 0.6) is 0 Å². The van der Waals surface area contributed by atoms with Crippen molar-refractivity contribution in [2.75, 3.05) is 13.7 Å². The summed E-state index contributed by atoms with van der Waals surface area (Å²) in [4.78, 5) is 14.0. The Morgan fingerprint density at radius 3 is 2.62 bits per heavy atom. The summed E-state index contributed by atoms with van der Waals surface area (Å²) < 4.78 is 7.60. The molecule has 7 heteroatoms. The third kappa shape index (κ3) is 2.80. The zero-order valence-electron chi connectivity index (χ0n) is 14.6. The number of carbonyl (C=O) groups is 1. The van der Waals surface area contributed by atoms with Gasteiger partial charge in [-0.2, -0.15) is 4.68 Å². The van der Waals surface area contributed by atoms with E-state index in [4.69, 9.17) is 4.74 Å². The van der Waals surface area contributed by atoms with Crippen molar-refractivity contribution >= 4 is 5.91 Å². The van der Waals surface area contributed by atoms with Gasteiger partial charge >= 0.3 is 0 Å². The lowest BCUT2D eigenvalue weighted by Gasteiger charge is -2.48. The third-order valence-corrected chi connectivity index (χ3v) is 4.73. The molecule has 1 aliphatic heterocycles. The van der Waals surface area contributed by atoms with Gasteiger partial charge in [0, 0.05) is 33.4 Å². The van der Waals surface area contributed by atoms with Crippen LogP contribution in [0.4, 0.5) is 0 Å². The van der Waals surface area contributed by atoms with Crippen LogP contribution in [0.2, 0.25) is 0 Å². The summed E-state index contributed by atoms with van der Waals surface area (Å²) in [5, 5.41) is 12.4. The Morgan fingerprint density at radius 2 is 2.00 bits per heavy atom. The molecule has 0 N–H and O–H groups in total. The van der Waals surface area contributed by atoms with Gasteiger partial charge in [0.25, 0.3) is 0 Å². The quantitative estimate of drug-likeness (QED) is 0.860. The fourth-order valence-electron chi connectivity index (χ4n) is 3.49. The number of nitrogens with zero attached hydrogens (tertiary/aromatic N) is 5. The van der Waals surface area contributed by atoms with E-state index in [0.29, 0.717) is 25.3 Å². The molecule has 1 amide bonds. The number of hydrogen-bond acceptors (Lipinski definition) is 5. The highest BCUT2D eigenvalue weighted by molar-refractivity contribution is 5.74. The zero-order chi connectivity index (χ0) is 17.4. The molecule has 0 saturated carbocycles. The lowest BCUT2D eigenvalue weighted by atomic mass is 9.79. The van der Waals surface area contributed by atoms with E-state index in [9.17, 15) is 4.79 Å². The maximum Gasteiger partial charge on any atom is 0.220 e. The van der Waals surface area contributed by atoms with E-state index in [2.05, 4.69) is 15.5 Å². The van der Waals surface area contributed by atoms with Gasteiger partial charge in [0.1, 0.15) is 5.54 Å². The maximum atomic E-state index is 12.2. The number of tetrazole rings is 1. The first-order valence-electron chi connectivity index (χ1n) is 8.08. The Kier molecular flexibility index (Phi) is 4.13. The highest BCUT2D eigenvalue weighted by atomic mass is 16.5. The SMILES string of the molecule is CC(=O)N(C)[C@]1(c2nnnn2-c2ccccc2)CCOC(C)(C)C1. The Balaban J connectivity index is 2.15. The van der Waals surface area contributed by atoms with Gasteiger partial charge in [-0.15, -0.1) is 5.10 Å². The van der Waals surface area contributed by atoms with Crippen molar-refractivity contribution < 1.29 is 9.53 Å². The van der Waals surface area contributed by atoms with Crippen LogP contribution < -0.4 is 0 Å². The highest BCUT2D eigenvalue weighted by Crippen LogP contribution is 2.43. The summed E-state index contributed by atoms with van der Waals surface area (Å²) in [6.07, 6.45) is 1.28. The second kappa shape index (κ2) is 5.98. The summed E-state index contributed by atoms with van der Waals surface area (Å²) in [5.41, 5.74) is -0.0966. The van der Waals surface area contributed by atoms with Crippen LogP contribution in [0.15, 0.2) is 30.3 Å². The van der Waals surface area contributed by atoms with E-state index in [-0.39, 0.29) is 11.5 Å². The smallest absolute Gasteiger partial charge is 0.220 e. The summed E-state index contributed by atoms with van der Waals surface area (Å²) >= 11 is 0. The number of ether oxygens (including phenoxy) is 1. The third-order valence-electron chi connectivity index (χ3n) is 4.73. The number of rotatable bonds is 3. The summed E-state index contributed by atoms with van der Waals surface area (Å²) in [6.45, 7) is 6.18. The van der Waals surface area contributed by atoms with Gasteiger partial charge in [0.15, 0.2) is 5.82 Å². The molecular formula is C17H23N5O2. The molecule has 0 aliphatic carbocycles. The second-order valence-corrected chi connectivity index (χ2v) is 6.89. The second-order valence-electron chi connectivity index (χ2n) is 6.89. The van der Waals surface area contributed by atoms with Gasteiger partial charge in [0.05, 0.1) is 11.3 Å². The molecular weight excluding hydrogens is 306 g/mol. The summed E-state index contributed by atoms with van der Waals surface area (Å²) in [6, 6.07) is 9.73. The predicted octanol–water partition coefficient (Wildman–Crippen LogP) is 1.92. The predicted molar refractivity (Wildman–Crippen MR) is 88.5 cm³/mol. The van der Waals surface area contributed by atoms with Crippen LogP contribution in [0, 0.1) is 0 Å². The monoisotopic (exact) mass is 329 g/mol. The van der Waals surface area contributed by atoms with Crippen molar-refractivity contribution in [3.8, 4) is 5.69 Å². The molecule has 1 saturated heterocycles. The first-order chi connectivity index (χ1) is 11.4. The van der Waals surface area contributed by atoms with Crippen LogP contribution in [-0.4, -0.2) is 50.3 Å². The molecule has 1 aromatic carbocycles. The first-order valence-corrected chi connectivity index (χ1v) is 8.08. The molecule has 1 atom stereocenters. The largest absolute Gasteiger partial charge is 0.375 e. The van der Waals surface area contributed by atoms with Crippen molar-refractivity contribution in [2.24, 2.45) is 0 Å². The molecule has 2 aromatic rings. The van der Waals surface area contributed by atoms with Gasteiger partial charge in [-0.3, -0.25) is 4.79 Å². The van der Waals surface area contributed by atoms with Crippen molar-refractivity contribution in [2.45, 2.75) is 44.8 Å². The van der Waals surface area contributed by atoms with Crippen LogP contribution in [0.25, 0.3) is 5.69 Å². The minimum atomic E-state index is -0.604. The average molecular weight is 329 g/mol. The summed E-state index contributed by atoms with van der Waals surface area (Å²) in [7, 11) is 1.81.